The number of hydrogen-bond acceptors (Lipinski definition) is 4. The maximum absolute atomic E-state index is 12.4. The zero-order valence-electron chi connectivity index (χ0n) is 16.7. The fourth-order valence-corrected chi connectivity index (χ4v) is 3.06. The number of likely N-dealkylation sites (N-methyl/N-ethyl adjacent to an activating group) is 1. The Morgan fingerprint density at radius 1 is 0.964 bits per heavy atom. The van der Waals surface area contributed by atoms with Gasteiger partial charge >= 0.3 is 0 Å². The third kappa shape index (κ3) is 9.73. The van der Waals surface area contributed by atoms with Crippen molar-refractivity contribution in [3.05, 3.63) is 29.8 Å². The highest BCUT2D eigenvalue weighted by atomic mass is 35.5. The minimum atomic E-state index is 0. The number of amides is 2. The van der Waals surface area contributed by atoms with Gasteiger partial charge in [0.1, 0.15) is 0 Å². The second kappa shape index (κ2) is 14.6. The van der Waals surface area contributed by atoms with Crippen molar-refractivity contribution < 1.29 is 9.59 Å². The van der Waals surface area contributed by atoms with Crippen LogP contribution in [0.5, 0.6) is 0 Å². The van der Waals surface area contributed by atoms with E-state index >= 15 is 0 Å². The van der Waals surface area contributed by atoms with Crippen LogP contribution in [0.4, 0.5) is 5.69 Å². The van der Waals surface area contributed by atoms with Crippen LogP contribution in [0.1, 0.15) is 37.7 Å². The van der Waals surface area contributed by atoms with E-state index in [4.69, 9.17) is 5.73 Å². The van der Waals surface area contributed by atoms with Crippen LogP contribution in [0.15, 0.2) is 24.3 Å². The molecular weight excluding hydrogens is 399 g/mol. The third-order valence-electron chi connectivity index (χ3n) is 4.81. The molecule has 1 aromatic carbocycles. The number of hydrogen-bond donors (Lipinski definition) is 2. The number of anilines is 1. The highest BCUT2D eigenvalue weighted by Gasteiger charge is 2.18. The van der Waals surface area contributed by atoms with Crippen molar-refractivity contribution in [3.63, 3.8) is 0 Å². The van der Waals surface area contributed by atoms with E-state index in [-0.39, 0.29) is 36.6 Å². The second-order valence-electron chi connectivity index (χ2n) is 7.06. The van der Waals surface area contributed by atoms with Crippen LogP contribution in [-0.4, -0.2) is 61.4 Å². The van der Waals surface area contributed by atoms with E-state index in [2.05, 4.69) is 17.3 Å². The molecule has 6 nitrogen and oxygen atoms in total. The van der Waals surface area contributed by atoms with Crippen LogP contribution in [0, 0.1) is 0 Å². The molecule has 2 rings (SSSR count). The Hall–Kier alpha value is -1.34. The molecule has 0 unspecified atom stereocenters. The van der Waals surface area contributed by atoms with Crippen LogP contribution in [0.25, 0.3) is 0 Å². The highest BCUT2D eigenvalue weighted by Crippen LogP contribution is 2.13. The van der Waals surface area contributed by atoms with Gasteiger partial charge in [-0.15, -0.1) is 24.8 Å². The predicted octanol–water partition coefficient (Wildman–Crippen LogP) is 2.69. The number of piperazine rings is 1. The molecule has 1 fully saturated rings. The molecular formula is C20H34Cl2N4O2. The molecule has 0 spiro atoms. The highest BCUT2D eigenvalue weighted by molar-refractivity contribution is 5.90. The molecule has 28 heavy (non-hydrogen) atoms. The number of carbonyl (C=O) groups is 2. The first-order valence-corrected chi connectivity index (χ1v) is 9.63. The molecule has 0 atom stereocenters. The first-order chi connectivity index (χ1) is 12.6. The van der Waals surface area contributed by atoms with Crippen molar-refractivity contribution in [1.29, 1.82) is 0 Å². The first kappa shape index (κ1) is 26.7. The van der Waals surface area contributed by atoms with Crippen LogP contribution < -0.4 is 11.1 Å². The van der Waals surface area contributed by atoms with Crippen molar-refractivity contribution in [1.82, 2.24) is 9.80 Å². The Balaban J connectivity index is 0.00000364. The summed E-state index contributed by atoms with van der Waals surface area (Å²) in [6, 6.07) is 7.59. The first-order valence-electron chi connectivity index (χ1n) is 9.63. The van der Waals surface area contributed by atoms with Gasteiger partial charge in [-0.25, -0.2) is 0 Å². The number of nitrogens with one attached hydrogen (secondary N) is 1. The molecule has 0 aromatic heterocycles. The molecule has 0 radical (unpaired) electrons. The maximum Gasteiger partial charge on any atom is 0.227 e. The normalized spacial score (nSPS) is 14.0. The van der Waals surface area contributed by atoms with Gasteiger partial charge in [0.2, 0.25) is 11.8 Å². The van der Waals surface area contributed by atoms with Gasteiger partial charge < -0.3 is 20.9 Å². The summed E-state index contributed by atoms with van der Waals surface area (Å²) in [7, 11) is 2.08. The van der Waals surface area contributed by atoms with Gasteiger partial charge in [0.25, 0.3) is 0 Å². The number of benzene rings is 1. The number of nitrogens with zero attached hydrogens (tertiary/aromatic N) is 2. The van der Waals surface area contributed by atoms with Crippen molar-refractivity contribution in [2.75, 3.05) is 45.1 Å². The Bertz CT molecular complexity index is 576. The fourth-order valence-electron chi connectivity index (χ4n) is 3.06. The standard InChI is InChI=1S/C20H32N4O2.2ClH/c1-23-12-14-24(15-13-23)20(26)16-17-7-9-18(10-8-17)22-19(25)6-4-2-3-5-11-21;;/h7-10H,2-6,11-16,21H2,1H3,(H,22,25);2*1H. The summed E-state index contributed by atoms with van der Waals surface area (Å²) >= 11 is 0. The number of unbranched alkanes of at least 4 members (excludes halogenated alkanes) is 3. The lowest BCUT2D eigenvalue weighted by Gasteiger charge is -2.32. The Labute approximate surface area is 181 Å². The lowest BCUT2D eigenvalue weighted by Crippen LogP contribution is -2.47. The minimum absolute atomic E-state index is 0. The molecule has 8 heteroatoms. The topological polar surface area (TPSA) is 78.7 Å². The molecule has 0 saturated carbocycles. The molecule has 0 bridgehead atoms. The van der Waals surface area contributed by atoms with Gasteiger partial charge in [0, 0.05) is 38.3 Å². The van der Waals surface area contributed by atoms with Crippen LogP contribution in [-0.2, 0) is 16.0 Å². The molecule has 1 aliphatic rings. The zero-order chi connectivity index (χ0) is 18.8. The van der Waals surface area contributed by atoms with Gasteiger partial charge in [-0.1, -0.05) is 25.0 Å². The SMILES string of the molecule is CN1CCN(C(=O)Cc2ccc(NC(=O)CCCCCCN)cc2)CC1.Cl.Cl. The lowest BCUT2D eigenvalue weighted by atomic mass is 10.1. The monoisotopic (exact) mass is 432 g/mol. The quantitative estimate of drug-likeness (QED) is 0.587. The van der Waals surface area contributed by atoms with Gasteiger partial charge in [-0.3, -0.25) is 9.59 Å². The average molecular weight is 433 g/mol. The largest absolute Gasteiger partial charge is 0.340 e. The summed E-state index contributed by atoms with van der Waals surface area (Å²) < 4.78 is 0. The Kier molecular flexibility index (Phi) is 13.9. The summed E-state index contributed by atoms with van der Waals surface area (Å²) in [6.07, 6.45) is 4.99. The minimum Gasteiger partial charge on any atom is -0.340 e. The van der Waals surface area contributed by atoms with E-state index in [0.717, 1.165) is 69.7 Å². The van der Waals surface area contributed by atoms with Gasteiger partial charge in [-0.2, -0.15) is 0 Å². The zero-order valence-corrected chi connectivity index (χ0v) is 18.3. The van der Waals surface area contributed by atoms with Crippen molar-refractivity contribution in [2.45, 2.75) is 38.5 Å². The Morgan fingerprint density at radius 2 is 1.57 bits per heavy atom. The van der Waals surface area contributed by atoms with E-state index in [1.54, 1.807) is 0 Å². The van der Waals surface area contributed by atoms with E-state index in [9.17, 15) is 9.59 Å². The number of rotatable bonds is 9. The molecule has 1 aromatic rings. The molecule has 0 aliphatic carbocycles. The summed E-state index contributed by atoms with van der Waals surface area (Å²) in [6.45, 7) is 4.19. The predicted molar refractivity (Wildman–Crippen MR) is 119 cm³/mol. The molecule has 3 N–H and O–H groups in total. The smallest absolute Gasteiger partial charge is 0.227 e. The van der Waals surface area contributed by atoms with Crippen molar-refractivity contribution >= 4 is 42.3 Å². The molecule has 2 amide bonds. The van der Waals surface area contributed by atoms with Crippen LogP contribution in [0.3, 0.4) is 0 Å². The molecule has 1 aliphatic heterocycles. The van der Waals surface area contributed by atoms with E-state index < -0.39 is 0 Å². The fraction of sp³-hybridized carbons (Fsp3) is 0.600. The van der Waals surface area contributed by atoms with E-state index in [1.165, 1.54) is 0 Å². The summed E-state index contributed by atoms with van der Waals surface area (Å²) in [5, 5.41) is 2.92. The summed E-state index contributed by atoms with van der Waals surface area (Å²) in [5.41, 5.74) is 7.22. The number of nitrogens with two attached hydrogens (primary N) is 1. The van der Waals surface area contributed by atoms with Gasteiger partial charge in [-0.05, 0) is 44.1 Å². The van der Waals surface area contributed by atoms with Crippen LogP contribution in [0.2, 0.25) is 0 Å². The molecule has 1 heterocycles. The summed E-state index contributed by atoms with van der Waals surface area (Å²) in [4.78, 5) is 28.5. The summed E-state index contributed by atoms with van der Waals surface area (Å²) in [5.74, 6) is 0.214. The molecule has 1 saturated heterocycles. The number of halogens is 2. The lowest BCUT2D eigenvalue weighted by molar-refractivity contribution is -0.132. The molecule has 160 valence electrons. The second-order valence-corrected chi connectivity index (χ2v) is 7.06. The third-order valence-corrected chi connectivity index (χ3v) is 4.81. The van der Waals surface area contributed by atoms with Gasteiger partial charge in [0.15, 0.2) is 0 Å². The van der Waals surface area contributed by atoms with Gasteiger partial charge in [0.05, 0.1) is 6.42 Å². The van der Waals surface area contributed by atoms with Crippen LogP contribution >= 0.6 is 24.8 Å². The Morgan fingerprint density at radius 3 is 2.18 bits per heavy atom. The van der Waals surface area contributed by atoms with Crippen molar-refractivity contribution in [2.24, 2.45) is 5.73 Å². The van der Waals surface area contributed by atoms with Crippen molar-refractivity contribution in [3.8, 4) is 0 Å². The number of carbonyl (C=O) groups excluding carboxylic acids is 2. The maximum atomic E-state index is 12.4. The van der Waals surface area contributed by atoms with E-state index in [1.807, 2.05) is 29.2 Å². The average Bonchev–Trinajstić information content (AvgIpc) is 2.63. The van der Waals surface area contributed by atoms with E-state index in [0.29, 0.717) is 12.8 Å².